The number of fused-ring (bicyclic) bond motifs is 2. The molecule has 1 saturated heterocycles. The van der Waals surface area contributed by atoms with Gasteiger partial charge in [-0.1, -0.05) is 30.3 Å². The van der Waals surface area contributed by atoms with E-state index in [1.54, 1.807) is 24.3 Å². The molecule has 2 aromatic rings. The molecular weight excluding hydrogens is 454 g/mol. The lowest BCUT2D eigenvalue weighted by molar-refractivity contribution is -0.132. The van der Waals surface area contributed by atoms with Crippen molar-refractivity contribution in [2.75, 3.05) is 18.4 Å². The number of nitrogens with two attached hydrogens (primary N) is 1. The summed E-state index contributed by atoms with van der Waals surface area (Å²) in [6.07, 6.45) is 2.97. The molecule has 36 heavy (non-hydrogen) atoms. The van der Waals surface area contributed by atoms with E-state index in [9.17, 15) is 19.8 Å². The third kappa shape index (κ3) is 2.96. The molecule has 1 heterocycles. The van der Waals surface area contributed by atoms with Crippen LogP contribution in [0.3, 0.4) is 0 Å². The summed E-state index contributed by atoms with van der Waals surface area (Å²) in [6, 6.07) is 15.6. The van der Waals surface area contributed by atoms with Gasteiger partial charge in [-0.25, -0.2) is 0 Å². The maximum absolute atomic E-state index is 13.3. The normalized spacial score (nSPS) is 37.9. The number of nitrogens with one attached hydrogen (secondary N) is 1. The molecule has 0 radical (unpaired) electrons. The number of hydrogen-bond acceptors (Lipinski definition) is 5. The molecule has 7 rings (SSSR count). The van der Waals surface area contributed by atoms with E-state index >= 15 is 0 Å². The predicted octanol–water partition coefficient (Wildman–Crippen LogP) is 2.48. The minimum atomic E-state index is -1.05. The average molecular weight is 488 g/mol. The Morgan fingerprint density at radius 1 is 1.08 bits per heavy atom. The Morgan fingerprint density at radius 3 is 2.64 bits per heavy atom. The minimum Gasteiger partial charge on any atom is -0.390 e. The van der Waals surface area contributed by atoms with Gasteiger partial charge >= 0.3 is 0 Å². The van der Waals surface area contributed by atoms with Crippen LogP contribution in [0.5, 0.6) is 0 Å². The molecule has 5 N–H and O–H groups in total. The zero-order chi connectivity index (χ0) is 24.8. The highest BCUT2D eigenvalue weighted by atomic mass is 16.4. The molecule has 188 valence electrons. The van der Waals surface area contributed by atoms with E-state index in [4.69, 9.17) is 5.73 Å². The summed E-state index contributed by atoms with van der Waals surface area (Å²) in [5, 5.41) is 24.0. The fourth-order valence-corrected chi connectivity index (χ4v) is 8.37. The molecule has 2 aromatic carbocycles. The average Bonchev–Trinajstić information content (AvgIpc) is 3.71. The molecule has 7 heteroatoms. The maximum atomic E-state index is 13.3. The van der Waals surface area contributed by atoms with E-state index in [1.165, 1.54) is 5.56 Å². The highest BCUT2D eigenvalue weighted by Crippen LogP contribution is 2.91. The molecule has 4 aliphatic carbocycles. The Bertz CT molecular complexity index is 1260. The quantitative estimate of drug-likeness (QED) is 0.517. The number of benzene rings is 2. The minimum absolute atomic E-state index is 0.00570. The summed E-state index contributed by atoms with van der Waals surface area (Å²) in [6.45, 7) is 1.93. The first-order valence-corrected chi connectivity index (χ1v) is 13.3. The summed E-state index contributed by atoms with van der Waals surface area (Å²) in [5.41, 5.74) is 8.35. The number of rotatable bonds is 5. The van der Waals surface area contributed by atoms with E-state index in [1.807, 2.05) is 11.0 Å². The smallest absolute Gasteiger partial charge is 0.253 e. The molecule has 2 amide bonds. The molecule has 4 saturated carbocycles. The highest BCUT2D eigenvalue weighted by Gasteiger charge is 2.96. The van der Waals surface area contributed by atoms with E-state index in [-0.39, 0.29) is 35.0 Å². The number of carbonyl (C=O) groups excluding carboxylic acids is 2. The molecule has 1 spiro atoms. The van der Waals surface area contributed by atoms with Crippen molar-refractivity contribution >= 4 is 17.5 Å². The number of likely N-dealkylation sites (tertiary alicyclic amines) is 1. The van der Waals surface area contributed by atoms with Crippen LogP contribution in [0.25, 0.3) is 0 Å². The highest BCUT2D eigenvalue weighted by molar-refractivity contribution is 5.98. The van der Waals surface area contributed by atoms with Crippen molar-refractivity contribution in [3.05, 3.63) is 65.2 Å². The summed E-state index contributed by atoms with van der Waals surface area (Å²) in [5.74, 6) is 0.325. The summed E-state index contributed by atoms with van der Waals surface area (Å²) in [4.78, 5) is 28.3. The van der Waals surface area contributed by atoms with Gasteiger partial charge in [0.25, 0.3) is 5.91 Å². The van der Waals surface area contributed by atoms with Crippen LogP contribution in [0, 0.1) is 29.1 Å². The lowest BCUT2D eigenvalue weighted by Crippen LogP contribution is -2.50. The van der Waals surface area contributed by atoms with Crippen molar-refractivity contribution in [2.45, 2.75) is 49.9 Å². The largest absolute Gasteiger partial charge is 0.390 e. The molecule has 5 aliphatic rings. The first-order chi connectivity index (χ1) is 17.4. The van der Waals surface area contributed by atoms with Crippen molar-refractivity contribution in [3.63, 3.8) is 0 Å². The molecule has 7 atom stereocenters. The van der Waals surface area contributed by atoms with Gasteiger partial charge in [0.1, 0.15) is 5.60 Å². The molecule has 7 nitrogen and oxygen atoms in total. The predicted molar refractivity (Wildman–Crippen MR) is 134 cm³/mol. The van der Waals surface area contributed by atoms with Gasteiger partial charge in [0.05, 0.1) is 6.10 Å². The van der Waals surface area contributed by atoms with Crippen molar-refractivity contribution < 1.29 is 19.8 Å². The fourth-order valence-electron chi connectivity index (χ4n) is 8.37. The van der Waals surface area contributed by atoms with Gasteiger partial charge in [0.15, 0.2) is 0 Å². The van der Waals surface area contributed by atoms with Crippen LogP contribution in [-0.4, -0.2) is 51.7 Å². The Balaban J connectivity index is 0.993. The molecule has 0 bridgehead atoms. The number of aliphatic hydroxyl groups is 2. The third-order valence-corrected chi connectivity index (χ3v) is 10.1. The second-order valence-electron chi connectivity index (χ2n) is 11.7. The van der Waals surface area contributed by atoms with Gasteiger partial charge in [-0.15, -0.1) is 0 Å². The van der Waals surface area contributed by atoms with Gasteiger partial charge in [-0.2, -0.15) is 0 Å². The van der Waals surface area contributed by atoms with Crippen LogP contribution in [-0.2, 0) is 11.3 Å². The Morgan fingerprint density at radius 2 is 1.86 bits per heavy atom. The Kier molecular flexibility index (Phi) is 4.76. The number of piperidine rings is 1. The number of nitrogens with zero attached hydrogens (tertiary/aromatic N) is 1. The Hall–Kier alpha value is -2.74. The van der Waals surface area contributed by atoms with Crippen molar-refractivity contribution in [1.82, 2.24) is 4.90 Å². The lowest BCUT2D eigenvalue weighted by atomic mass is 9.65. The standard InChI is InChI=1S/C29H33N3O4/c30-15-16-3-1-4-18(11-16)17-7-9-32(10-8-17)27(35)19-5-2-6-21(12-19)31-26(34)22-13-20-14-28(20)23(22)29(36)24(28)25(29)33/h1-6,11-12,17,20,22-25,33,36H,7-10,13-15,30H2,(H,31,34). The molecule has 0 aromatic heterocycles. The third-order valence-electron chi connectivity index (χ3n) is 10.1. The number of aliphatic hydroxyl groups excluding tert-OH is 1. The van der Waals surface area contributed by atoms with Crippen LogP contribution in [0.4, 0.5) is 5.69 Å². The summed E-state index contributed by atoms with van der Waals surface area (Å²) < 4.78 is 0. The van der Waals surface area contributed by atoms with Crippen molar-refractivity contribution in [3.8, 4) is 0 Å². The molecule has 1 aliphatic heterocycles. The van der Waals surface area contributed by atoms with Crippen molar-refractivity contribution in [2.24, 2.45) is 34.8 Å². The fraction of sp³-hybridized carbons (Fsp3) is 0.517. The second kappa shape index (κ2) is 7.63. The number of amides is 2. The van der Waals surface area contributed by atoms with Gasteiger partial charge < -0.3 is 26.2 Å². The van der Waals surface area contributed by atoms with Gasteiger partial charge in [-0.05, 0) is 72.3 Å². The van der Waals surface area contributed by atoms with Crippen LogP contribution in [0.2, 0.25) is 0 Å². The van der Waals surface area contributed by atoms with Gasteiger partial charge in [-0.3, -0.25) is 9.59 Å². The van der Waals surface area contributed by atoms with Crippen molar-refractivity contribution in [1.29, 1.82) is 0 Å². The summed E-state index contributed by atoms with van der Waals surface area (Å²) in [7, 11) is 0. The number of carbonyl (C=O) groups is 2. The number of anilines is 1. The van der Waals surface area contributed by atoms with Crippen LogP contribution >= 0.6 is 0 Å². The first-order valence-electron chi connectivity index (χ1n) is 13.3. The maximum Gasteiger partial charge on any atom is 0.253 e. The number of hydrogen-bond donors (Lipinski definition) is 4. The zero-order valence-corrected chi connectivity index (χ0v) is 20.3. The van der Waals surface area contributed by atoms with E-state index in [2.05, 4.69) is 23.5 Å². The van der Waals surface area contributed by atoms with Crippen LogP contribution in [0.15, 0.2) is 48.5 Å². The lowest BCUT2D eigenvalue weighted by Gasteiger charge is -2.41. The molecule has 5 fully saturated rings. The first kappa shape index (κ1) is 22.5. The van der Waals surface area contributed by atoms with E-state index in [0.717, 1.165) is 31.2 Å². The van der Waals surface area contributed by atoms with Crippen LogP contribution < -0.4 is 11.1 Å². The second-order valence-corrected chi connectivity index (χ2v) is 11.7. The Labute approximate surface area is 210 Å². The topological polar surface area (TPSA) is 116 Å². The SMILES string of the molecule is NCc1cccc(C2CCN(C(=O)c3cccc(NC(=O)C4CC5CC56C4C4(O)C(O)C46)c3)CC2)c1. The zero-order valence-electron chi connectivity index (χ0n) is 20.3. The monoisotopic (exact) mass is 487 g/mol. The van der Waals surface area contributed by atoms with Gasteiger partial charge in [0, 0.05) is 48.6 Å². The van der Waals surface area contributed by atoms with Crippen LogP contribution in [0.1, 0.15) is 53.1 Å². The van der Waals surface area contributed by atoms with Gasteiger partial charge in [0.2, 0.25) is 5.91 Å². The molecule has 7 unspecified atom stereocenters. The molecular formula is C29H33N3O4. The van der Waals surface area contributed by atoms with E-state index < -0.39 is 11.7 Å². The summed E-state index contributed by atoms with van der Waals surface area (Å²) >= 11 is 0. The van der Waals surface area contributed by atoms with E-state index in [0.29, 0.717) is 42.7 Å².